The highest BCUT2D eigenvalue weighted by molar-refractivity contribution is 7.47. The van der Waals surface area contributed by atoms with Crippen LogP contribution in [0.25, 0.3) is 21.5 Å². The van der Waals surface area contributed by atoms with Crippen molar-refractivity contribution in [1.82, 2.24) is 14.7 Å². The molecule has 3 rings (SSSR count). The smallest absolute Gasteiger partial charge is 0.396 e. The van der Waals surface area contributed by atoms with E-state index < -0.39 is 54.4 Å². The summed E-state index contributed by atoms with van der Waals surface area (Å²) in [5.41, 5.74) is -2.45. The van der Waals surface area contributed by atoms with Gasteiger partial charge in [-0.1, -0.05) is 33.6 Å². The zero-order chi connectivity index (χ0) is 30.7. The van der Waals surface area contributed by atoms with E-state index in [0.29, 0.717) is 17.4 Å². The van der Waals surface area contributed by atoms with Crippen LogP contribution in [0, 0.1) is 11.8 Å². The van der Waals surface area contributed by atoms with Gasteiger partial charge in [0.05, 0.1) is 27.1 Å². The molecule has 0 radical (unpaired) electrons. The molecule has 2 aromatic heterocycles. The summed E-state index contributed by atoms with van der Waals surface area (Å²) < 4.78 is 38.1. The third-order valence-electron chi connectivity index (χ3n) is 7.20. The molecule has 14 heteroatoms. The van der Waals surface area contributed by atoms with E-state index in [9.17, 15) is 38.2 Å². The molecule has 228 valence electrons. The van der Waals surface area contributed by atoms with Crippen LogP contribution < -0.4 is 27.8 Å². The van der Waals surface area contributed by atoms with Gasteiger partial charge >= 0.3 is 7.82 Å². The van der Waals surface area contributed by atoms with E-state index in [-0.39, 0.29) is 53.5 Å². The van der Waals surface area contributed by atoms with Crippen LogP contribution in [0.5, 0.6) is 0 Å². The third kappa shape index (κ3) is 7.46. The van der Waals surface area contributed by atoms with Crippen molar-refractivity contribution in [2.75, 3.05) is 6.61 Å². The highest BCUT2D eigenvalue weighted by atomic mass is 31.2. The Morgan fingerprint density at radius 3 is 1.95 bits per heavy atom. The summed E-state index contributed by atoms with van der Waals surface area (Å²) in [6, 6.07) is 1.84. The lowest BCUT2D eigenvalue weighted by molar-refractivity contribution is -0.00759. The molecule has 0 amide bonds. The van der Waals surface area contributed by atoms with Crippen LogP contribution in [-0.4, -0.2) is 37.4 Å². The number of phosphoric acid groups is 1. The summed E-state index contributed by atoms with van der Waals surface area (Å²) in [5, 5.41) is 9.59. The molecule has 41 heavy (non-hydrogen) atoms. The first kappa shape index (κ1) is 33.0. The molecular weight excluding hydrogens is 560 g/mol. The molecule has 0 aliphatic heterocycles. The SMILES string of the molecule is CCCCC(C)(CC(CO)CC(C)NF)OP(=O)(O)OCn1c(=O)c2cc3c(=O)n(CC(C)C)c(=O)c3cc2c1=O. The predicted octanol–water partition coefficient (Wildman–Crippen LogP) is 2.86. The molecular formula is C27H39FN3O9P. The van der Waals surface area contributed by atoms with Crippen LogP contribution in [0.15, 0.2) is 31.3 Å². The van der Waals surface area contributed by atoms with Crippen LogP contribution in [-0.2, 0) is 26.9 Å². The Morgan fingerprint density at radius 2 is 1.51 bits per heavy atom. The summed E-state index contributed by atoms with van der Waals surface area (Å²) in [5.74, 6) is -0.430. The van der Waals surface area contributed by atoms with Gasteiger partial charge in [0.25, 0.3) is 22.2 Å². The van der Waals surface area contributed by atoms with Crippen LogP contribution >= 0.6 is 7.82 Å². The molecule has 4 atom stereocenters. The van der Waals surface area contributed by atoms with Crippen molar-refractivity contribution >= 4 is 29.4 Å². The van der Waals surface area contributed by atoms with Gasteiger partial charge in [0.2, 0.25) is 0 Å². The minimum atomic E-state index is -4.85. The monoisotopic (exact) mass is 599 g/mol. The minimum Gasteiger partial charge on any atom is -0.396 e. The number of aliphatic hydroxyl groups excluding tert-OH is 1. The van der Waals surface area contributed by atoms with Gasteiger partial charge in [-0.2, -0.15) is 5.54 Å². The maximum absolute atomic E-state index is 13.1. The maximum Gasteiger partial charge on any atom is 0.474 e. The maximum atomic E-state index is 13.1. The summed E-state index contributed by atoms with van der Waals surface area (Å²) in [6.45, 7) is 7.78. The van der Waals surface area contributed by atoms with E-state index in [1.54, 1.807) is 19.4 Å². The van der Waals surface area contributed by atoms with Crippen LogP contribution in [0.4, 0.5) is 4.48 Å². The number of nitrogens with zero attached hydrogens (tertiary/aromatic N) is 2. The number of unbranched alkanes of at least 4 members (excludes halogenated alkanes) is 1. The van der Waals surface area contributed by atoms with Crippen LogP contribution in [0.2, 0.25) is 0 Å². The number of fused-ring (bicyclic) bond motifs is 2. The highest BCUT2D eigenvalue weighted by Gasteiger charge is 2.38. The number of hydrogen-bond donors (Lipinski definition) is 3. The number of rotatable bonds is 16. The zero-order valence-corrected chi connectivity index (χ0v) is 24.9. The number of phosphoric ester groups is 1. The molecule has 0 saturated carbocycles. The fourth-order valence-electron chi connectivity index (χ4n) is 5.27. The molecule has 2 heterocycles. The van der Waals surface area contributed by atoms with Gasteiger partial charge in [-0.15, -0.1) is 4.48 Å². The lowest BCUT2D eigenvalue weighted by atomic mass is 9.85. The normalized spacial score (nSPS) is 16.8. The van der Waals surface area contributed by atoms with Crippen molar-refractivity contribution in [3.05, 3.63) is 53.5 Å². The van der Waals surface area contributed by atoms with Gasteiger partial charge in [-0.05, 0) is 57.1 Å². The fourth-order valence-corrected chi connectivity index (χ4v) is 6.31. The molecule has 0 saturated heterocycles. The highest BCUT2D eigenvalue weighted by Crippen LogP contribution is 2.50. The Hall–Kier alpha value is -2.54. The van der Waals surface area contributed by atoms with Crippen molar-refractivity contribution in [3.63, 3.8) is 0 Å². The number of hydrogen-bond acceptors (Lipinski definition) is 9. The first-order valence-electron chi connectivity index (χ1n) is 13.7. The molecule has 0 aliphatic carbocycles. The van der Waals surface area contributed by atoms with Crippen molar-refractivity contribution in [3.8, 4) is 0 Å². The number of aromatic nitrogens is 2. The average Bonchev–Trinajstić information content (AvgIpc) is 3.28. The van der Waals surface area contributed by atoms with E-state index in [0.717, 1.165) is 11.0 Å². The van der Waals surface area contributed by atoms with Gasteiger partial charge in [0.1, 0.15) is 6.73 Å². The number of aliphatic hydroxyl groups is 1. The van der Waals surface area contributed by atoms with Crippen molar-refractivity contribution in [1.29, 1.82) is 0 Å². The summed E-state index contributed by atoms with van der Waals surface area (Å²) in [7, 11) is -4.85. The van der Waals surface area contributed by atoms with Crippen molar-refractivity contribution in [2.24, 2.45) is 11.8 Å². The molecule has 0 bridgehead atoms. The fraction of sp³-hybridized carbons (Fsp3) is 0.630. The first-order chi connectivity index (χ1) is 19.2. The van der Waals surface area contributed by atoms with E-state index in [1.807, 2.05) is 20.8 Å². The standard InChI is InChI=1S/C27H39FN3O9P/c1-6-7-8-27(5,12-18(14-32)9-17(4)29-28)40-41(37,38)39-15-31-25(35)21-10-19-20(11-22(21)26(31)36)24(34)30(23(19)33)13-16(2)3/h10-11,16-18,29,32H,6-9,12-15H2,1-5H3,(H,37,38). The average molecular weight is 600 g/mol. The molecule has 4 unspecified atom stereocenters. The number of nitrogens with one attached hydrogen (secondary N) is 1. The van der Waals surface area contributed by atoms with E-state index >= 15 is 0 Å². The molecule has 0 aliphatic rings. The predicted molar refractivity (Wildman–Crippen MR) is 153 cm³/mol. The minimum absolute atomic E-state index is 0.0110. The Balaban J connectivity index is 1.89. The Kier molecular flexibility index (Phi) is 10.6. The summed E-state index contributed by atoms with van der Waals surface area (Å²) in [6.07, 6.45) is 2.08. The number of halogens is 1. The second-order valence-electron chi connectivity index (χ2n) is 11.5. The van der Waals surface area contributed by atoms with Gasteiger partial charge in [-0.25, -0.2) is 9.13 Å². The van der Waals surface area contributed by atoms with Gasteiger partial charge < -0.3 is 10.00 Å². The quantitative estimate of drug-likeness (QED) is 0.165. The Morgan fingerprint density at radius 1 is 1.00 bits per heavy atom. The molecule has 12 nitrogen and oxygen atoms in total. The van der Waals surface area contributed by atoms with E-state index in [1.165, 1.54) is 12.1 Å². The molecule has 0 spiro atoms. The Bertz CT molecular complexity index is 1550. The second-order valence-corrected chi connectivity index (χ2v) is 12.8. The first-order valence-corrected chi connectivity index (χ1v) is 15.2. The third-order valence-corrected chi connectivity index (χ3v) is 8.32. The van der Waals surface area contributed by atoms with Gasteiger partial charge in [0.15, 0.2) is 0 Å². The topological polar surface area (TPSA) is 166 Å². The van der Waals surface area contributed by atoms with Gasteiger partial charge in [0, 0.05) is 19.2 Å². The van der Waals surface area contributed by atoms with Crippen LogP contribution in [0.1, 0.15) is 66.7 Å². The van der Waals surface area contributed by atoms with Crippen molar-refractivity contribution in [2.45, 2.75) is 91.6 Å². The van der Waals surface area contributed by atoms with Crippen LogP contribution in [0.3, 0.4) is 0 Å². The molecule has 0 fully saturated rings. The zero-order valence-electron chi connectivity index (χ0n) is 24.0. The van der Waals surface area contributed by atoms with Gasteiger partial charge in [-0.3, -0.25) is 32.8 Å². The largest absolute Gasteiger partial charge is 0.474 e. The molecule has 3 aromatic rings. The lowest BCUT2D eigenvalue weighted by Gasteiger charge is -2.34. The molecule has 1 aromatic carbocycles. The van der Waals surface area contributed by atoms with E-state index in [2.05, 4.69) is 0 Å². The van der Waals surface area contributed by atoms with E-state index in [4.69, 9.17) is 9.05 Å². The number of benzene rings is 1. The van der Waals surface area contributed by atoms with Crippen molar-refractivity contribution < 1.29 is 28.1 Å². The lowest BCUT2D eigenvalue weighted by Crippen LogP contribution is -2.34. The molecule has 3 N–H and O–H groups in total. The summed E-state index contributed by atoms with van der Waals surface area (Å²) >= 11 is 0. The Labute approximate surface area is 235 Å². The second kappa shape index (κ2) is 13.2. The summed E-state index contributed by atoms with van der Waals surface area (Å²) in [4.78, 5) is 62.3.